The average Bonchev–Trinajstić information content (AvgIpc) is 2.97. The second-order valence-corrected chi connectivity index (χ2v) is 6.88. The van der Waals surface area contributed by atoms with Crippen LogP contribution in [0.4, 0.5) is 0 Å². The van der Waals surface area contributed by atoms with Gasteiger partial charge < -0.3 is 0 Å². The molecule has 1 fully saturated rings. The summed E-state index contributed by atoms with van der Waals surface area (Å²) in [6, 6.07) is 7.88. The zero-order chi connectivity index (χ0) is 15.4. The smallest absolute Gasteiger partial charge is 0.205 e. The van der Waals surface area contributed by atoms with Crippen LogP contribution < -0.4 is 4.80 Å². The summed E-state index contributed by atoms with van der Waals surface area (Å²) in [6.07, 6.45) is 8.60. The Morgan fingerprint density at radius 1 is 1.27 bits per heavy atom. The van der Waals surface area contributed by atoms with Crippen LogP contribution in [-0.2, 0) is 0 Å². The summed E-state index contributed by atoms with van der Waals surface area (Å²) in [5.41, 5.74) is 2.11. The van der Waals surface area contributed by atoms with Gasteiger partial charge in [-0.3, -0.25) is 4.99 Å². The highest BCUT2D eigenvalue weighted by atomic mass is 35.5. The maximum absolute atomic E-state index is 6.12. The van der Waals surface area contributed by atoms with Crippen molar-refractivity contribution < 1.29 is 0 Å². The highest BCUT2D eigenvalue weighted by Crippen LogP contribution is 2.24. The average molecular weight is 334 g/mol. The van der Waals surface area contributed by atoms with E-state index < -0.39 is 0 Å². The van der Waals surface area contributed by atoms with Crippen molar-refractivity contribution >= 4 is 29.2 Å². The van der Waals surface area contributed by atoms with Gasteiger partial charge in [-0.15, -0.1) is 11.3 Å². The minimum Gasteiger partial charge on any atom is -0.261 e. The minimum absolute atomic E-state index is 0.595. The molecular formula is C17H20ClN3S. The van der Waals surface area contributed by atoms with Gasteiger partial charge >= 0.3 is 0 Å². The molecule has 0 bridgehead atoms. The fourth-order valence-corrected chi connectivity index (χ4v) is 3.85. The van der Waals surface area contributed by atoms with E-state index in [9.17, 15) is 0 Å². The summed E-state index contributed by atoms with van der Waals surface area (Å²) >= 11 is 7.72. The number of benzene rings is 1. The first-order valence-electron chi connectivity index (χ1n) is 7.71. The Hall–Kier alpha value is -1.39. The molecule has 0 N–H and O–H groups in total. The molecule has 116 valence electrons. The van der Waals surface area contributed by atoms with Crippen molar-refractivity contribution in [3.63, 3.8) is 0 Å². The van der Waals surface area contributed by atoms with E-state index in [0.29, 0.717) is 5.92 Å². The van der Waals surface area contributed by atoms with Crippen LogP contribution in [0.2, 0.25) is 5.02 Å². The van der Waals surface area contributed by atoms with Crippen LogP contribution >= 0.6 is 22.9 Å². The van der Waals surface area contributed by atoms with Crippen molar-refractivity contribution in [3.05, 3.63) is 39.5 Å². The molecule has 2 aromatic rings. The Kier molecular flexibility index (Phi) is 5.11. The van der Waals surface area contributed by atoms with E-state index in [0.717, 1.165) is 21.1 Å². The monoisotopic (exact) mass is 333 g/mol. The lowest BCUT2D eigenvalue weighted by Crippen LogP contribution is -2.14. The van der Waals surface area contributed by atoms with Crippen molar-refractivity contribution in [1.82, 2.24) is 4.68 Å². The van der Waals surface area contributed by atoms with Gasteiger partial charge in [0.1, 0.15) is 0 Å². The Labute approximate surface area is 140 Å². The predicted molar refractivity (Wildman–Crippen MR) is 94.7 cm³/mol. The van der Waals surface area contributed by atoms with Crippen LogP contribution in [-0.4, -0.2) is 17.9 Å². The van der Waals surface area contributed by atoms with E-state index in [1.165, 1.54) is 32.1 Å². The van der Waals surface area contributed by atoms with Crippen LogP contribution in [0.25, 0.3) is 11.3 Å². The first kappa shape index (κ1) is 15.5. The van der Waals surface area contributed by atoms with Crippen molar-refractivity contribution in [1.29, 1.82) is 0 Å². The molecule has 0 unspecified atom stereocenters. The largest absolute Gasteiger partial charge is 0.261 e. The second kappa shape index (κ2) is 7.25. The Balaban J connectivity index is 1.95. The molecule has 0 amide bonds. The summed E-state index contributed by atoms with van der Waals surface area (Å²) in [7, 11) is 1.81. The zero-order valence-electron chi connectivity index (χ0n) is 12.7. The molecule has 1 aliphatic rings. The number of hydrogen-bond acceptors (Lipinski definition) is 3. The molecule has 0 radical (unpaired) electrons. The molecule has 0 saturated heterocycles. The molecule has 1 saturated carbocycles. The standard InChI is InChI=1S/C17H20ClN3S/c1-19-17-21(20-11-13-6-3-2-4-7-13)16(12-22-17)14-8-5-9-15(18)10-14/h5,8-13H,2-4,6-7H2,1H3. The third-order valence-electron chi connectivity index (χ3n) is 4.04. The summed E-state index contributed by atoms with van der Waals surface area (Å²) < 4.78 is 1.94. The molecule has 0 aliphatic heterocycles. The van der Waals surface area contributed by atoms with Gasteiger partial charge in [-0.1, -0.05) is 43.0 Å². The summed E-state index contributed by atoms with van der Waals surface area (Å²) in [5.74, 6) is 0.595. The Bertz CT molecular complexity index is 724. The maximum atomic E-state index is 6.12. The Morgan fingerprint density at radius 2 is 2.09 bits per heavy atom. The summed E-state index contributed by atoms with van der Waals surface area (Å²) in [5, 5.41) is 7.56. The van der Waals surface area contributed by atoms with Crippen molar-refractivity contribution in [3.8, 4) is 11.3 Å². The van der Waals surface area contributed by atoms with Crippen molar-refractivity contribution in [2.45, 2.75) is 32.1 Å². The number of thiazole rings is 1. The van der Waals surface area contributed by atoms with E-state index in [4.69, 9.17) is 16.7 Å². The first-order valence-corrected chi connectivity index (χ1v) is 8.97. The first-order chi connectivity index (χ1) is 10.8. The lowest BCUT2D eigenvalue weighted by atomic mass is 9.90. The van der Waals surface area contributed by atoms with Gasteiger partial charge in [-0.05, 0) is 30.9 Å². The van der Waals surface area contributed by atoms with Crippen LogP contribution in [0.15, 0.2) is 39.7 Å². The number of nitrogens with zero attached hydrogens (tertiary/aromatic N) is 3. The van der Waals surface area contributed by atoms with Gasteiger partial charge in [0, 0.05) is 29.2 Å². The quantitative estimate of drug-likeness (QED) is 0.721. The summed E-state index contributed by atoms with van der Waals surface area (Å²) in [4.78, 5) is 5.24. The molecule has 1 heterocycles. The van der Waals surface area contributed by atoms with E-state index in [-0.39, 0.29) is 0 Å². The van der Waals surface area contributed by atoms with Crippen LogP contribution in [0.1, 0.15) is 32.1 Å². The normalized spacial score (nSPS) is 17.5. The number of aromatic nitrogens is 1. The number of rotatable bonds is 3. The molecule has 0 spiro atoms. The highest BCUT2D eigenvalue weighted by molar-refractivity contribution is 7.07. The molecule has 0 atom stereocenters. The van der Waals surface area contributed by atoms with E-state index >= 15 is 0 Å². The third-order valence-corrected chi connectivity index (χ3v) is 5.18. The second-order valence-electron chi connectivity index (χ2n) is 5.61. The fraction of sp³-hybridized carbons (Fsp3) is 0.412. The lowest BCUT2D eigenvalue weighted by Gasteiger charge is -2.17. The summed E-state index contributed by atoms with van der Waals surface area (Å²) in [6.45, 7) is 0. The minimum atomic E-state index is 0.595. The molecule has 5 heteroatoms. The lowest BCUT2D eigenvalue weighted by molar-refractivity contribution is 0.443. The molecule has 1 aromatic carbocycles. The number of halogens is 1. The number of hydrogen-bond donors (Lipinski definition) is 0. The molecular weight excluding hydrogens is 314 g/mol. The maximum Gasteiger partial charge on any atom is 0.205 e. The molecule has 22 heavy (non-hydrogen) atoms. The van der Waals surface area contributed by atoms with Gasteiger partial charge in [0.05, 0.1) is 5.69 Å². The van der Waals surface area contributed by atoms with Gasteiger partial charge in [0.2, 0.25) is 4.80 Å². The van der Waals surface area contributed by atoms with Gasteiger partial charge in [-0.25, -0.2) is 4.68 Å². The Morgan fingerprint density at radius 3 is 2.82 bits per heavy atom. The van der Waals surface area contributed by atoms with Crippen LogP contribution in [0.3, 0.4) is 0 Å². The van der Waals surface area contributed by atoms with Crippen LogP contribution in [0, 0.1) is 5.92 Å². The molecule has 1 aliphatic carbocycles. The fourth-order valence-electron chi connectivity index (χ4n) is 2.85. The van der Waals surface area contributed by atoms with Crippen LogP contribution in [0.5, 0.6) is 0 Å². The van der Waals surface area contributed by atoms with Crippen molar-refractivity contribution in [2.24, 2.45) is 16.0 Å². The third kappa shape index (κ3) is 3.50. The van der Waals surface area contributed by atoms with E-state index in [2.05, 4.69) is 22.7 Å². The zero-order valence-corrected chi connectivity index (χ0v) is 14.3. The van der Waals surface area contributed by atoms with Gasteiger partial charge in [-0.2, -0.15) is 5.10 Å². The molecule has 3 rings (SSSR count). The van der Waals surface area contributed by atoms with Gasteiger partial charge in [0.15, 0.2) is 0 Å². The predicted octanol–water partition coefficient (Wildman–Crippen LogP) is 4.81. The molecule has 1 aromatic heterocycles. The van der Waals surface area contributed by atoms with E-state index in [1.54, 1.807) is 18.4 Å². The van der Waals surface area contributed by atoms with E-state index in [1.807, 2.05) is 22.9 Å². The topological polar surface area (TPSA) is 29.6 Å². The highest BCUT2D eigenvalue weighted by Gasteiger charge is 2.12. The van der Waals surface area contributed by atoms with Gasteiger partial charge in [0.25, 0.3) is 0 Å². The SMILES string of the molecule is CN=c1scc(-c2cccc(Cl)c2)n1N=CC1CCCCC1. The molecule has 3 nitrogen and oxygen atoms in total. The van der Waals surface area contributed by atoms with Crippen molar-refractivity contribution in [2.75, 3.05) is 7.05 Å².